The fourth-order valence-electron chi connectivity index (χ4n) is 1.40. The van der Waals surface area contributed by atoms with Gasteiger partial charge >= 0.3 is 0 Å². The van der Waals surface area contributed by atoms with Gasteiger partial charge < -0.3 is 14.8 Å². The summed E-state index contributed by atoms with van der Waals surface area (Å²) in [5.41, 5.74) is 1.17. The molecule has 0 bridgehead atoms. The maximum Gasteiger partial charge on any atom is 0.119 e. The molecule has 0 radical (unpaired) electrons. The zero-order chi connectivity index (χ0) is 11.8. The van der Waals surface area contributed by atoms with Crippen molar-refractivity contribution in [2.24, 2.45) is 0 Å². The van der Waals surface area contributed by atoms with Gasteiger partial charge in [0.05, 0.1) is 13.7 Å². The Morgan fingerprint density at radius 1 is 1.38 bits per heavy atom. The van der Waals surface area contributed by atoms with Crippen molar-refractivity contribution >= 4 is 11.6 Å². The zero-order valence-corrected chi connectivity index (χ0v) is 10.5. The first kappa shape index (κ1) is 13.3. The quantitative estimate of drug-likeness (QED) is 0.744. The Balaban J connectivity index is 2.46. The van der Waals surface area contributed by atoms with Gasteiger partial charge in [-0.1, -0.05) is 12.1 Å². The van der Waals surface area contributed by atoms with Gasteiger partial charge in [0.25, 0.3) is 0 Å². The van der Waals surface area contributed by atoms with Crippen LogP contribution in [0.5, 0.6) is 5.75 Å². The number of hydrogen-bond donors (Lipinski definition) is 1. The molecule has 1 aromatic rings. The van der Waals surface area contributed by atoms with Crippen molar-refractivity contribution in [3.8, 4) is 5.75 Å². The molecule has 0 aliphatic rings. The highest BCUT2D eigenvalue weighted by Gasteiger charge is 2.05. The lowest BCUT2D eigenvalue weighted by Crippen LogP contribution is -2.34. The van der Waals surface area contributed by atoms with Crippen LogP contribution in [0.25, 0.3) is 0 Å². The Kier molecular flexibility index (Phi) is 6.23. The van der Waals surface area contributed by atoms with Crippen molar-refractivity contribution in [3.05, 3.63) is 29.8 Å². The predicted molar refractivity (Wildman–Crippen MR) is 66.2 cm³/mol. The van der Waals surface area contributed by atoms with Crippen molar-refractivity contribution in [2.75, 3.05) is 26.7 Å². The van der Waals surface area contributed by atoms with Crippen LogP contribution < -0.4 is 10.1 Å². The molecule has 0 spiro atoms. The molecule has 3 nitrogen and oxygen atoms in total. The average molecular weight is 244 g/mol. The standard InChI is InChI=1S/C12H18ClNO2/c1-15-9-11(7-13)14-8-10-4-3-5-12(6-10)16-2/h3-6,11,14H,7-9H2,1-2H3. The summed E-state index contributed by atoms with van der Waals surface area (Å²) in [7, 11) is 3.34. The number of benzene rings is 1. The second kappa shape index (κ2) is 7.49. The van der Waals surface area contributed by atoms with Crippen molar-refractivity contribution in [2.45, 2.75) is 12.6 Å². The average Bonchev–Trinajstić information content (AvgIpc) is 2.34. The van der Waals surface area contributed by atoms with E-state index in [1.54, 1.807) is 14.2 Å². The fraction of sp³-hybridized carbons (Fsp3) is 0.500. The van der Waals surface area contributed by atoms with Crippen LogP contribution in [0, 0.1) is 0 Å². The molecule has 1 N–H and O–H groups in total. The minimum atomic E-state index is 0.179. The third-order valence-corrected chi connectivity index (χ3v) is 2.66. The van der Waals surface area contributed by atoms with Crippen LogP contribution in [0.15, 0.2) is 24.3 Å². The van der Waals surface area contributed by atoms with Crippen LogP contribution in [0.3, 0.4) is 0 Å². The van der Waals surface area contributed by atoms with Gasteiger partial charge in [0.1, 0.15) is 5.75 Å². The predicted octanol–water partition coefficient (Wildman–Crippen LogP) is 2.04. The van der Waals surface area contributed by atoms with Gasteiger partial charge in [-0.25, -0.2) is 0 Å². The highest BCUT2D eigenvalue weighted by atomic mass is 35.5. The molecular formula is C12H18ClNO2. The molecular weight excluding hydrogens is 226 g/mol. The second-order valence-electron chi connectivity index (χ2n) is 3.54. The third kappa shape index (κ3) is 4.39. The van der Waals surface area contributed by atoms with Crippen molar-refractivity contribution in [3.63, 3.8) is 0 Å². The first-order valence-electron chi connectivity index (χ1n) is 5.21. The molecule has 0 fully saturated rings. The molecule has 4 heteroatoms. The topological polar surface area (TPSA) is 30.5 Å². The molecule has 1 atom stereocenters. The van der Waals surface area contributed by atoms with Crippen molar-refractivity contribution in [1.82, 2.24) is 5.32 Å². The first-order chi connectivity index (χ1) is 7.80. The Labute approximate surface area is 102 Å². The summed E-state index contributed by atoms with van der Waals surface area (Å²) in [4.78, 5) is 0. The first-order valence-corrected chi connectivity index (χ1v) is 5.74. The Hall–Kier alpha value is -0.770. The van der Waals surface area contributed by atoms with Gasteiger partial charge in [-0.3, -0.25) is 0 Å². The lowest BCUT2D eigenvalue weighted by Gasteiger charge is -2.15. The van der Waals surface area contributed by atoms with Gasteiger partial charge in [0.15, 0.2) is 0 Å². The summed E-state index contributed by atoms with van der Waals surface area (Å²) >= 11 is 5.80. The molecule has 0 heterocycles. The second-order valence-corrected chi connectivity index (χ2v) is 3.85. The van der Waals surface area contributed by atoms with Gasteiger partial charge in [0, 0.05) is 25.6 Å². The minimum Gasteiger partial charge on any atom is -0.497 e. The normalized spacial score (nSPS) is 12.4. The molecule has 0 saturated heterocycles. The monoisotopic (exact) mass is 243 g/mol. The summed E-state index contributed by atoms with van der Waals surface area (Å²) in [5, 5.41) is 3.33. The van der Waals surface area contributed by atoms with E-state index in [4.69, 9.17) is 21.1 Å². The summed E-state index contributed by atoms with van der Waals surface area (Å²) < 4.78 is 10.2. The van der Waals surface area contributed by atoms with E-state index in [9.17, 15) is 0 Å². The van der Waals surface area contributed by atoms with E-state index >= 15 is 0 Å². The lowest BCUT2D eigenvalue weighted by atomic mass is 10.2. The fourth-order valence-corrected chi connectivity index (χ4v) is 1.60. The van der Waals surface area contributed by atoms with E-state index in [2.05, 4.69) is 5.32 Å². The molecule has 1 unspecified atom stereocenters. The van der Waals surface area contributed by atoms with E-state index < -0.39 is 0 Å². The van der Waals surface area contributed by atoms with Crippen LogP contribution in [0.2, 0.25) is 0 Å². The molecule has 0 amide bonds. The van der Waals surface area contributed by atoms with Gasteiger partial charge in [-0.15, -0.1) is 11.6 Å². The molecule has 0 saturated carbocycles. The largest absolute Gasteiger partial charge is 0.497 e. The highest BCUT2D eigenvalue weighted by Crippen LogP contribution is 2.12. The molecule has 90 valence electrons. The molecule has 1 aromatic carbocycles. The van der Waals surface area contributed by atoms with Crippen molar-refractivity contribution in [1.29, 1.82) is 0 Å². The van der Waals surface area contributed by atoms with E-state index in [0.717, 1.165) is 12.3 Å². The van der Waals surface area contributed by atoms with Crippen LogP contribution in [0.1, 0.15) is 5.56 Å². The maximum atomic E-state index is 5.80. The number of alkyl halides is 1. The van der Waals surface area contributed by atoms with Gasteiger partial charge in [-0.05, 0) is 17.7 Å². The third-order valence-electron chi connectivity index (χ3n) is 2.28. The maximum absolute atomic E-state index is 5.80. The van der Waals surface area contributed by atoms with E-state index in [1.807, 2.05) is 24.3 Å². The van der Waals surface area contributed by atoms with Gasteiger partial charge in [-0.2, -0.15) is 0 Å². The van der Waals surface area contributed by atoms with E-state index in [-0.39, 0.29) is 6.04 Å². The van der Waals surface area contributed by atoms with Crippen LogP contribution >= 0.6 is 11.6 Å². The smallest absolute Gasteiger partial charge is 0.119 e. The van der Waals surface area contributed by atoms with Crippen LogP contribution in [-0.2, 0) is 11.3 Å². The summed E-state index contributed by atoms with van der Waals surface area (Å²) in [5.74, 6) is 1.41. The Morgan fingerprint density at radius 2 is 2.19 bits per heavy atom. The summed E-state index contributed by atoms with van der Waals surface area (Å²) in [6.07, 6.45) is 0. The zero-order valence-electron chi connectivity index (χ0n) is 9.70. The number of rotatable bonds is 7. The van der Waals surface area contributed by atoms with Gasteiger partial charge in [0.2, 0.25) is 0 Å². The minimum absolute atomic E-state index is 0.179. The highest BCUT2D eigenvalue weighted by molar-refractivity contribution is 6.18. The van der Waals surface area contributed by atoms with Crippen LogP contribution in [-0.4, -0.2) is 32.7 Å². The summed E-state index contributed by atoms with van der Waals surface area (Å²) in [6, 6.07) is 8.14. The molecule has 0 aromatic heterocycles. The number of methoxy groups -OCH3 is 2. The number of hydrogen-bond acceptors (Lipinski definition) is 3. The van der Waals surface area contributed by atoms with E-state index in [0.29, 0.717) is 12.5 Å². The number of nitrogens with one attached hydrogen (secondary N) is 1. The van der Waals surface area contributed by atoms with Crippen LogP contribution in [0.4, 0.5) is 0 Å². The molecule has 16 heavy (non-hydrogen) atoms. The van der Waals surface area contributed by atoms with E-state index in [1.165, 1.54) is 5.56 Å². The molecule has 1 rings (SSSR count). The molecule has 0 aliphatic carbocycles. The lowest BCUT2D eigenvalue weighted by molar-refractivity contribution is 0.172. The number of halogens is 1. The SMILES string of the molecule is COCC(CCl)NCc1cccc(OC)c1. The number of ether oxygens (including phenoxy) is 2. The molecule has 0 aliphatic heterocycles. The van der Waals surface area contributed by atoms with Crippen molar-refractivity contribution < 1.29 is 9.47 Å². The Morgan fingerprint density at radius 3 is 2.81 bits per heavy atom. The summed E-state index contributed by atoms with van der Waals surface area (Å²) in [6.45, 7) is 1.38. The Bertz CT molecular complexity index is 307.